The molecular formula is C31H41N3O3S. The molecule has 0 aromatic heterocycles. The van der Waals surface area contributed by atoms with Gasteiger partial charge in [-0.1, -0.05) is 18.9 Å². The molecule has 4 saturated carbocycles. The van der Waals surface area contributed by atoms with E-state index in [1.807, 2.05) is 23.9 Å². The maximum absolute atomic E-state index is 13.0. The number of piperidine rings is 1. The zero-order valence-corrected chi connectivity index (χ0v) is 23.4. The summed E-state index contributed by atoms with van der Waals surface area (Å²) in [5.41, 5.74) is 3.18. The van der Waals surface area contributed by atoms with E-state index in [1.165, 1.54) is 44.9 Å². The van der Waals surface area contributed by atoms with Gasteiger partial charge in [0.05, 0.1) is 0 Å². The molecule has 6 nitrogen and oxygen atoms in total. The van der Waals surface area contributed by atoms with Crippen LogP contribution < -0.4 is 10.6 Å². The lowest BCUT2D eigenvalue weighted by atomic mass is 9.38. The molecule has 3 amide bonds. The van der Waals surface area contributed by atoms with Gasteiger partial charge in [0.1, 0.15) is 6.04 Å². The molecule has 6 aliphatic rings. The standard InChI is InChI=1S/C31H41N3O3S/c1-19(30-15-21-13-20-14-22(16-30)31(20,21)18-30)32-11-4-2-3-5-12-38-26-8-6-7-23-24(26)17-34(29(23)37)25-9-10-27(35)33-28(25)36/h6-8,19-22,25,32H,2-5,9-18H2,1H3,(H,33,35,36). The van der Waals surface area contributed by atoms with Gasteiger partial charge in [-0.2, -0.15) is 0 Å². The summed E-state index contributed by atoms with van der Waals surface area (Å²) < 4.78 is 0. The zero-order valence-electron chi connectivity index (χ0n) is 22.6. The highest BCUT2D eigenvalue weighted by molar-refractivity contribution is 7.99. The predicted molar refractivity (Wildman–Crippen MR) is 148 cm³/mol. The molecule has 2 N–H and O–H groups in total. The first-order valence-corrected chi connectivity index (χ1v) is 16.0. The minimum absolute atomic E-state index is 0.0896. The summed E-state index contributed by atoms with van der Waals surface area (Å²) in [7, 11) is 0. The second kappa shape index (κ2) is 9.36. The van der Waals surface area contributed by atoms with E-state index < -0.39 is 6.04 Å². The molecular weight excluding hydrogens is 494 g/mol. The minimum atomic E-state index is -0.550. The molecule has 1 spiro atoms. The fraction of sp³-hybridized carbons (Fsp3) is 0.710. The van der Waals surface area contributed by atoms with Gasteiger partial charge in [-0.15, -0.1) is 11.8 Å². The van der Waals surface area contributed by atoms with Gasteiger partial charge in [-0.3, -0.25) is 19.7 Å². The minimum Gasteiger partial charge on any atom is -0.322 e. The Bertz CT molecular complexity index is 1150. The number of fused-ring (bicyclic) bond motifs is 2. The number of thioether (sulfide) groups is 1. The molecule has 4 aliphatic carbocycles. The highest BCUT2D eigenvalue weighted by Gasteiger charge is 2.77. The van der Waals surface area contributed by atoms with E-state index in [9.17, 15) is 14.4 Å². The molecule has 7 rings (SSSR count). The largest absolute Gasteiger partial charge is 0.322 e. The van der Waals surface area contributed by atoms with Gasteiger partial charge in [-0.05, 0) is 117 Å². The number of unbranched alkanes of at least 4 members (excludes halogenated alkanes) is 3. The fourth-order valence-electron chi connectivity index (χ4n) is 9.64. The summed E-state index contributed by atoms with van der Waals surface area (Å²) in [6, 6.07) is 6.04. The topological polar surface area (TPSA) is 78.5 Å². The quantitative estimate of drug-likeness (QED) is 0.239. The first-order valence-electron chi connectivity index (χ1n) is 15.0. The van der Waals surface area contributed by atoms with Crippen LogP contribution in [-0.4, -0.2) is 47.0 Å². The third-order valence-electron chi connectivity index (χ3n) is 11.6. The molecule has 4 unspecified atom stereocenters. The highest BCUT2D eigenvalue weighted by Crippen LogP contribution is 2.84. The van der Waals surface area contributed by atoms with Crippen LogP contribution in [0.15, 0.2) is 23.1 Å². The smallest absolute Gasteiger partial charge is 0.255 e. The average molecular weight is 536 g/mol. The summed E-state index contributed by atoms with van der Waals surface area (Å²) in [6.45, 7) is 4.08. The summed E-state index contributed by atoms with van der Waals surface area (Å²) in [5, 5.41) is 6.33. The molecule has 2 aliphatic heterocycles. The van der Waals surface area contributed by atoms with Crippen LogP contribution in [0.25, 0.3) is 0 Å². The van der Waals surface area contributed by atoms with Crippen LogP contribution in [0.2, 0.25) is 0 Å². The number of benzene rings is 1. The SMILES string of the molecule is CC(NCCCCCCSc1cccc2c1CN(C1CCC(=O)NC1=O)C2=O)C12CC3CC4CC(C1)C43C2. The van der Waals surface area contributed by atoms with Crippen molar-refractivity contribution in [3.63, 3.8) is 0 Å². The molecule has 2 bridgehead atoms. The Kier molecular flexibility index (Phi) is 6.19. The second-order valence-corrected chi connectivity index (χ2v) is 14.4. The Morgan fingerprint density at radius 1 is 1.08 bits per heavy atom. The van der Waals surface area contributed by atoms with Crippen molar-refractivity contribution in [3.05, 3.63) is 29.3 Å². The van der Waals surface area contributed by atoms with Gasteiger partial charge >= 0.3 is 0 Å². The van der Waals surface area contributed by atoms with E-state index in [2.05, 4.69) is 23.6 Å². The van der Waals surface area contributed by atoms with Crippen LogP contribution >= 0.6 is 11.8 Å². The Balaban J connectivity index is 0.830. The van der Waals surface area contributed by atoms with E-state index >= 15 is 0 Å². The molecule has 1 saturated heterocycles. The van der Waals surface area contributed by atoms with Gasteiger partial charge in [0.15, 0.2) is 0 Å². The van der Waals surface area contributed by atoms with Crippen LogP contribution in [0.5, 0.6) is 0 Å². The maximum atomic E-state index is 13.0. The van der Waals surface area contributed by atoms with E-state index in [0.717, 1.165) is 45.9 Å². The molecule has 7 heteroatoms. The number of imide groups is 1. The van der Waals surface area contributed by atoms with Crippen molar-refractivity contribution in [2.24, 2.45) is 28.6 Å². The molecule has 1 aromatic rings. The van der Waals surface area contributed by atoms with Gasteiger partial charge < -0.3 is 10.2 Å². The number of hydrogen-bond donors (Lipinski definition) is 2. The summed E-state index contributed by atoms with van der Waals surface area (Å²) in [4.78, 5) is 39.7. The van der Waals surface area contributed by atoms with E-state index in [1.54, 1.807) is 17.7 Å². The highest BCUT2D eigenvalue weighted by atomic mass is 32.2. The van der Waals surface area contributed by atoms with E-state index in [-0.39, 0.29) is 24.1 Å². The Labute approximate surface area is 230 Å². The first-order chi connectivity index (χ1) is 18.4. The number of hydrogen-bond acceptors (Lipinski definition) is 5. The molecule has 204 valence electrons. The van der Waals surface area contributed by atoms with Crippen molar-refractivity contribution in [2.45, 2.75) is 101 Å². The Hall–Kier alpha value is -1.86. The van der Waals surface area contributed by atoms with Gasteiger partial charge in [-0.25, -0.2) is 0 Å². The lowest BCUT2D eigenvalue weighted by molar-refractivity contribution is -0.177. The number of nitrogens with one attached hydrogen (secondary N) is 2. The molecule has 2 heterocycles. The van der Waals surface area contributed by atoms with Crippen molar-refractivity contribution in [1.82, 2.24) is 15.5 Å². The number of carbonyl (C=O) groups is 3. The fourth-order valence-corrected chi connectivity index (χ4v) is 10.7. The summed E-state index contributed by atoms with van der Waals surface area (Å²) in [5.74, 6) is 3.61. The third-order valence-corrected chi connectivity index (χ3v) is 12.8. The molecule has 0 radical (unpaired) electrons. The number of rotatable bonds is 11. The van der Waals surface area contributed by atoms with E-state index in [0.29, 0.717) is 30.0 Å². The molecule has 5 fully saturated rings. The van der Waals surface area contributed by atoms with E-state index in [4.69, 9.17) is 0 Å². The van der Waals surface area contributed by atoms with Crippen LogP contribution in [-0.2, 0) is 16.1 Å². The predicted octanol–water partition coefficient (Wildman–Crippen LogP) is 4.90. The average Bonchev–Trinajstić information content (AvgIpc) is 3.50. The first kappa shape index (κ1) is 25.1. The molecule has 38 heavy (non-hydrogen) atoms. The van der Waals surface area contributed by atoms with Gasteiger partial charge in [0.25, 0.3) is 5.91 Å². The zero-order chi connectivity index (χ0) is 26.1. The monoisotopic (exact) mass is 535 g/mol. The van der Waals surface area contributed by atoms with Crippen molar-refractivity contribution in [1.29, 1.82) is 0 Å². The Morgan fingerprint density at radius 2 is 1.87 bits per heavy atom. The van der Waals surface area contributed by atoms with Crippen LogP contribution in [0.3, 0.4) is 0 Å². The molecule has 4 atom stereocenters. The van der Waals surface area contributed by atoms with Gasteiger partial charge in [0, 0.05) is 29.5 Å². The van der Waals surface area contributed by atoms with Crippen LogP contribution in [0.4, 0.5) is 0 Å². The number of nitrogens with zero attached hydrogens (tertiary/aromatic N) is 1. The Morgan fingerprint density at radius 3 is 2.61 bits per heavy atom. The maximum Gasteiger partial charge on any atom is 0.255 e. The molecule has 1 aromatic carbocycles. The lowest BCUT2D eigenvalue weighted by Crippen LogP contribution is -2.59. The van der Waals surface area contributed by atoms with Crippen molar-refractivity contribution >= 4 is 29.5 Å². The lowest BCUT2D eigenvalue weighted by Gasteiger charge is -2.66. The number of carbonyl (C=O) groups excluding carboxylic acids is 3. The van der Waals surface area contributed by atoms with Crippen molar-refractivity contribution in [2.75, 3.05) is 12.3 Å². The number of amides is 3. The van der Waals surface area contributed by atoms with Crippen LogP contribution in [0.1, 0.15) is 93.5 Å². The van der Waals surface area contributed by atoms with Crippen LogP contribution in [0, 0.1) is 28.6 Å². The van der Waals surface area contributed by atoms with Crippen molar-refractivity contribution < 1.29 is 14.4 Å². The summed E-state index contributed by atoms with van der Waals surface area (Å²) in [6.07, 6.45) is 13.3. The van der Waals surface area contributed by atoms with Crippen molar-refractivity contribution in [3.8, 4) is 0 Å². The third kappa shape index (κ3) is 3.74. The van der Waals surface area contributed by atoms with Gasteiger partial charge in [0.2, 0.25) is 11.8 Å². The normalized spacial score (nSPS) is 37.0. The summed E-state index contributed by atoms with van der Waals surface area (Å²) >= 11 is 1.83. The second-order valence-electron chi connectivity index (χ2n) is 13.2.